The SMILES string of the molecule is CC1CN(C)CCC1NC(=O)c1cccc(O)c1O. The summed E-state index contributed by atoms with van der Waals surface area (Å²) in [5, 5.41) is 22.0. The molecule has 0 aliphatic carbocycles. The molecule has 1 fully saturated rings. The molecule has 1 aliphatic rings. The smallest absolute Gasteiger partial charge is 0.255 e. The number of likely N-dealkylation sites (tertiary alicyclic amines) is 1. The summed E-state index contributed by atoms with van der Waals surface area (Å²) in [5.41, 5.74) is 0.117. The predicted octanol–water partition coefficient (Wildman–Crippen LogP) is 1.17. The van der Waals surface area contributed by atoms with E-state index in [0.29, 0.717) is 5.92 Å². The number of carbonyl (C=O) groups excluding carboxylic acids is 1. The van der Waals surface area contributed by atoms with Gasteiger partial charge in [0.15, 0.2) is 11.5 Å². The number of para-hydroxylation sites is 1. The number of hydrogen-bond acceptors (Lipinski definition) is 4. The van der Waals surface area contributed by atoms with Gasteiger partial charge in [-0.05, 0) is 38.1 Å². The van der Waals surface area contributed by atoms with E-state index < -0.39 is 0 Å². The third-order valence-electron chi connectivity index (χ3n) is 3.68. The first kappa shape index (κ1) is 13.7. The summed E-state index contributed by atoms with van der Waals surface area (Å²) in [5.74, 6) is -0.610. The quantitative estimate of drug-likeness (QED) is 0.701. The normalized spacial score (nSPS) is 24.1. The van der Waals surface area contributed by atoms with E-state index >= 15 is 0 Å². The van der Waals surface area contributed by atoms with Gasteiger partial charge in [0.05, 0.1) is 5.56 Å². The molecule has 1 heterocycles. The molecule has 1 aromatic rings. The summed E-state index contributed by atoms with van der Waals surface area (Å²) in [7, 11) is 2.07. The number of rotatable bonds is 2. The van der Waals surface area contributed by atoms with E-state index in [1.165, 1.54) is 12.1 Å². The zero-order chi connectivity index (χ0) is 14.0. The molecule has 0 spiro atoms. The maximum atomic E-state index is 12.1. The van der Waals surface area contributed by atoms with E-state index in [-0.39, 0.29) is 29.0 Å². The largest absolute Gasteiger partial charge is 0.504 e. The molecule has 0 saturated carbocycles. The van der Waals surface area contributed by atoms with Gasteiger partial charge in [0.1, 0.15) is 0 Å². The Bertz CT molecular complexity index is 476. The highest BCUT2D eigenvalue weighted by Crippen LogP contribution is 2.28. The highest BCUT2D eigenvalue weighted by Gasteiger charge is 2.26. The lowest BCUT2D eigenvalue weighted by Gasteiger charge is -2.35. The fourth-order valence-electron chi connectivity index (χ4n) is 2.53. The summed E-state index contributed by atoms with van der Waals surface area (Å²) in [6, 6.07) is 4.50. The van der Waals surface area contributed by atoms with E-state index in [0.717, 1.165) is 19.5 Å². The van der Waals surface area contributed by atoms with Gasteiger partial charge in [-0.15, -0.1) is 0 Å². The molecule has 2 rings (SSSR count). The van der Waals surface area contributed by atoms with Crippen LogP contribution < -0.4 is 5.32 Å². The third-order valence-corrected chi connectivity index (χ3v) is 3.68. The Kier molecular flexibility index (Phi) is 3.95. The van der Waals surface area contributed by atoms with Gasteiger partial charge in [-0.2, -0.15) is 0 Å². The Morgan fingerprint density at radius 1 is 1.42 bits per heavy atom. The molecule has 1 saturated heterocycles. The van der Waals surface area contributed by atoms with Gasteiger partial charge in [0.25, 0.3) is 5.91 Å². The number of phenols is 2. The molecule has 104 valence electrons. The zero-order valence-electron chi connectivity index (χ0n) is 11.3. The molecular formula is C14H20N2O3. The lowest BCUT2D eigenvalue weighted by Crippen LogP contribution is -2.48. The van der Waals surface area contributed by atoms with Crippen molar-refractivity contribution in [2.24, 2.45) is 5.92 Å². The molecule has 1 aliphatic heterocycles. The lowest BCUT2D eigenvalue weighted by atomic mass is 9.94. The molecule has 3 N–H and O–H groups in total. The van der Waals surface area contributed by atoms with Crippen LogP contribution in [0.25, 0.3) is 0 Å². The highest BCUT2D eigenvalue weighted by molar-refractivity contribution is 5.97. The van der Waals surface area contributed by atoms with Crippen LogP contribution in [0.4, 0.5) is 0 Å². The molecule has 5 nitrogen and oxygen atoms in total. The Labute approximate surface area is 112 Å². The van der Waals surface area contributed by atoms with Crippen LogP contribution in [0.5, 0.6) is 11.5 Å². The Morgan fingerprint density at radius 3 is 2.84 bits per heavy atom. The second-order valence-corrected chi connectivity index (χ2v) is 5.28. The van der Waals surface area contributed by atoms with E-state index in [2.05, 4.69) is 24.2 Å². The van der Waals surface area contributed by atoms with Crippen molar-refractivity contribution in [3.8, 4) is 11.5 Å². The van der Waals surface area contributed by atoms with Crippen LogP contribution in [0, 0.1) is 5.92 Å². The first-order valence-corrected chi connectivity index (χ1v) is 6.49. The fraction of sp³-hybridized carbons (Fsp3) is 0.500. The molecule has 0 bridgehead atoms. The number of amides is 1. The van der Waals surface area contributed by atoms with Crippen molar-refractivity contribution in [2.75, 3.05) is 20.1 Å². The van der Waals surface area contributed by atoms with Crippen LogP contribution in [0.1, 0.15) is 23.7 Å². The van der Waals surface area contributed by atoms with Gasteiger partial charge in [-0.1, -0.05) is 13.0 Å². The fourth-order valence-corrected chi connectivity index (χ4v) is 2.53. The second kappa shape index (κ2) is 5.48. The van der Waals surface area contributed by atoms with E-state index in [1.54, 1.807) is 6.07 Å². The minimum Gasteiger partial charge on any atom is -0.504 e. The summed E-state index contributed by atoms with van der Waals surface area (Å²) >= 11 is 0. The van der Waals surface area contributed by atoms with Gasteiger partial charge in [0, 0.05) is 12.6 Å². The van der Waals surface area contributed by atoms with Gasteiger partial charge < -0.3 is 20.4 Å². The van der Waals surface area contributed by atoms with Crippen molar-refractivity contribution in [3.63, 3.8) is 0 Å². The van der Waals surface area contributed by atoms with Crippen LogP contribution in [-0.4, -0.2) is 47.2 Å². The van der Waals surface area contributed by atoms with Gasteiger partial charge in [0.2, 0.25) is 0 Å². The zero-order valence-corrected chi connectivity index (χ0v) is 11.3. The van der Waals surface area contributed by atoms with Crippen molar-refractivity contribution in [3.05, 3.63) is 23.8 Å². The minimum absolute atomic E-state index is 0.102. The van der Waals surface area contributed by atoms with Crippen molar-refractivity contribution < 1.29 is 15.0 Å². The molecule has 2 unspecified atom stereocenters. The molecule has 1 aromatic carbocycles. The maximum absolute atomic E-state index is 12.1. The Morgan fingerprint density at radius 2 is 2.16 bits per heavy atom. The topological polar surface area (TPSA) is 72.8 Å². The number of aromatic hydroxyl groups is 2. The van der Waals surface area contributed by atoms with E-state index in [1.807, 2.05) is 0 Å². The van der Waals surface area contributed by atoms with E-state index in [9.17, 15) is 15.0 Å². The average molecular weight is 264 g/mol. The number of hydrogen-bond donors (Lipinski definition) is 3. The third kappa shape index (κ3) is 2.98. The van der Waals surface area contributed by atoms with Crippen LogP contribution in [0.3, 0.4) is 0 Å². The molecule has 0 radical (unpaired) electrons. The minimum atomic E-state index is -0.361. The summed E-state index contributed by atoms with van der Waals surface area (Å²) < 4.78 is 0. The van der Waals surface area contributed by atoms with E-state index in [4.69, 9.17) is 0 Å². The number of benzene rings is 1. The summed E-state index contributed by atoms with van der Waals surface area (Å²) in [6.45, 7) is 3.99. The summed E-state index contributed by atoms with van der Waals surface area (Å²) in [4.78, 5) is 14.4. The van der Waals surface area contributed by atoms with Crippen LogP contribution in [-0.2, 0) is 0 Å². The van der Waals surface area contributed by atoms with Crippen molar-refractivity contribution >= 4 is 5.91 Å². The van der Waals surface area contributed by atoms with Gasteiger partial charge in [-0.3, -0.25) is 4.79 Å². The van der Waals surface area contributed by atoms with Crippen LogP contribution in [0.15, 0.2) is 18.2 Å². The number of nitrogens with zero attached hydrogens (tertiary/aromatic N) is 1. The first-order chi connectivity index (χ1) is 8.99. The van der Waals surface area contributed by atoms with Gasteiger partial charge >= 0.3 is 0 Å². The maximum Gasteiger partial charge on any atom is 0.255 e. The van der Waals surface area contributed by atoms with Crippen molar-refractivity contribution in [2.45, 2.75) is 19.4 Å². The molecule has 2 atom stereocenters. The highest BCUT2D eigenvalue weighted by atomic mass is 16.3. The standard InChI is InChI=1S/C14H20N2O3/c1-9-8-16(2)7-6-11(9)15-14(19)10-4-3-5-12(17)13(10)18/h3-5,9,11,17-18H,6-8H2,1-2H3,(H,15,19). The molecule has 1 amide bonds. The lowest BCUT2D eigenvalue weighted by molar-refractivity contribution is 0.0880. The summed E-state index contributed by atoms with van der Waals surface area (Å²) in [6.07, 6.45) is 0.892. The average Bonchev–Trinajstić information content (AvgIpc) is 2.36. The van der Waals surface area contributed by atoms with Gasteiger partial charge in [-0.25, -0.2) is 0 Å². The number of nitrogens with one attached hydrogen (secondary N) is 1. The van der Waals surface area contributed by atoms with Crippen molar-refractivity contribution in [1.82, 2.24) is 10.2 Å². The molecule has 0 aromatic heterocycles. The van der Waals surface area contributed by atoms with Crippen LogP contribution in [0.2, 0.25) is 0 Å². The first-order valence-electron chi connectivity index (χ1n) is 6.49. The Balaban J connectivity index is 2.07. The number of carbonyl (C=O) groups is 1. The monoisotopic (exact) mass is 264 g/mol. The number of piperidine rings is 1. The predicted molar refractivity (Wildman–Crippen MR) is 72.3 cm³/mol. The molecule has 5 heteroatoms. The second-order valence-electron chi connectivity index (χ2n) is 5.28. The number of phenolic OH excluding ortho intramolecular Hbond substituents is 2. The van der Waals surface area contributed by atoms with Crippen LogP contribution >= 0.6 is 0 Å². The molecule has 19 heavy (non-hydrogen) atoms. The van der Waals surface area contributed by atoms with Crippen molar-refractivity contribution in [1.29, 1.82) is 0 Å². The molecular weight excluding hydrogens is 244 g/mol. The Hall–Kier alpha value is -1.75.